The van der Waals surface area contributed by atoms with Crippen LogP contribution in [0.5, 0.6) is 0 Å². The zero-order valence-corrected chi connectivity index (χ0v) is 13.8. The van der Waals surface area contributed by atoms with Crippen molar-refractivity contribution in [1.29, 1.82) is 0 Å². The first-order chi connectivity index (χ1) is 9.45. The molecule has 2 unspecified atom stereocenters. The normalized spacial score (nSPS) is 20.2. The third kappa shape index (κ3) is 5.41. The fraction of sp³-hybridized carbons (Fsp3) is 0.938. The highest BCUT2D eigenvalue weighted by Crippen LogP contribution is 2.23. The lowest BCUT2D eigenvalue weighted by atomic mass is 9.91. The van der Waals surface area contributed by atoms with Crippen LogP contribution in [0.25, 0.3) is 0 Å². The summed E-state index contributed by atoms with van der Waals surface area (Å²) in [6.07, 6.45) is 5.81. The monoisotopic (exact) mass is 283 g/mol. The third-order valence-corrected chi connectivity index (χ3v) is 4.69. The van der Waals surface area contributed by atoms with Gasteiger partial charge in [-0.3, -0.25) is 4.79 Å². The second kappa shape index (κ2) is 8.63. The molecule has 1 aliphatic heterocycles. The predicted octanol–water partition coefficient (Wildman–Crippen LogP) is 1.94. The fourth-order valence-corrected chi connectivity index (χ4v) is 2.85. The minimum Gasteiger partial charge on any atom is -0.341 e. The Morgan fingerprint density at radius 3 is 2.45 bits per heavy atom. The lowest BCUT2D eigenvalue weighted by Gasteiger charge is -2.34. The van der Waals surface area contributed by atoms with Crippen LogP contribution in [0.4, 0.5) is 0 Å². The summed E-state index contributed by atoms with van der Waals surface area (Å²) < 4.78 is 0. The van der Waals surface area contributed by atoms with Crippen molar-refractivity contribution in [2.75, 3.05) is 33.7 Å². The van der Waals surface area contributed by atoms with E-state index in [0.29, 0.717) is 0 Å². The summed E-state index contributed by atoms with van der Waals surface area (Å²) in [5.74, 6) is 1.23. The lowest BCUT2D eigenvalue weighted by Crippen LogP contribution is -2.49. The van der Waals surface area contributed by atoms with Gasteiger partial charge < -0.3 is 15.5 Å². The Morgan fingerprint density at radius 1 is 1.35 bits per heavy atom. The average molecular weight is 283 g/mol. The predicted molar refractivity (Wildman–Crippen MR) is 84.5 cm³/mol. The van der Waals surface area contributed by atoms with Crippen molar-refractivity contribution < 1.29 is 4.79 Å². The SMILES string of the molecule is CCC(C)C(N)C(=O)N1CCC(CCCN(C)C)CC1. The minimum atomic E-state index is -0.315. The summed E-state index contributed by atoms with van der Waals surface area (Å²) in [5.41, 5.74) is 6.05. The van der Waals surface area contributed by atoms with E-state index in [2.05, 4.69) is 32.8 Å². The highest BCUT2D eigenvalue weighted by molar-refractivity contribution is 5.82. The molecule has 4 heteroatoms. The van der Waals surface area contributed by atoms with Crippen LogP contribution < -0.4 is 5.73 Å². The Labute approximate surface area is 124 Å². The van der Waals surface area contributed by atoms with Gasteiger partial charge >= 0.3 is 0 Å². The first-order valence-corrected chi connectivity index (χ1v) is 8.14. The second-order valence-electron chi connectivity index (χ2n) is 6.63. The smallest absolute Gasteiger partial charge is 0.239 e. The van der Waals surface area contributed by atoms with Crippen molar-refractivity contribution in [1.82, 2.24) is 9.80 Å². The number of likely N-dealkylation sites (tertiary alicyclic amines) is 1. The maximum absolute atomic E-state index is 12.3. The van der Waals surface area contributed by atoms with Crippen LogP contribution in [0.3, 0.4) is 0 Å². The summed E-state index contributed by atoms with van der Waals surface area (Å²) in [4.78, 5) is 16.5. The molecule has 1 fully saturated rings. The van der Waals surface area contributed by atoms with Crippen LogP contribution in [0, 0.1) is 11.8 Å². The molecule has 0 bridgehead atoms. The van der Waals surface area contributed by atoms with E-state index in [-0.39, 0.29) is 17.9 Å². The summed E-state index contributed by atoms with van der Waals surface area (Å²) in [7, 11) is 4.25. The summed E-state index contributed by atoms with van der Waals surface area (Å²) in [5, 5.41) is 0. The molecule has 20 heavy (non-hydrogen) atoms. The van der Waals surface area contributed by atoms with Crippen LogP contribution in [0.15, 0.2) is 0 Å². The maximum atomic E-state index is 12.3. The van der Waals surface area contributed by atoms with E-state index in [1.165, 1.54) is 12.8 Å². The first kappa shape index (κ1) is 17.4. The summed E-state index contributed by atoms with van der Waals surface area (Å²) in [6.45, 7) is 7.12. The van der Waals surface area contributed by atoms with Crippen LogP contribution in [-0.4, -0.2) is 55.5 Å². The van der Waals surface area contributed by atoms with Crippen molar-refractivity contribution in [2.24, 2.45) is 17.6 Å². The fourth-order valence-electron chi connectivity index (χ4n) is 2.85. The molecule has 1 saturated heterocycles. The summed E-state index contributed by atoms with van der Waals surface area (Å²) >= 11 is 0. The molecule has 118 valence electrons. The molecular weight excluding hydrogens is 250 g/mol. The van der Waals surface area contributed by atoms with Crippen molar-refractivity contribution in [2.45, 2.75) is 52.0 Å². The van der Waals surface area contributed by atoms with E-state index >= 15 is 0 Å². The van der Waals surface area contributed by atoms with Gasteiger partial charge in [-0.2, -0.15) is 0 Å². The zero-order valence-electron chi connectivity index (χ0n) is 13.8. The zero-order chi connectivity index (χ0) is 15.1. The Morgan fingerprint density at radius 2 is 1.95 bits per heavy atom. The highest BCUT2D eigenvalue weighted by Gasteiger charge is 2.28. The standard InChI is InChI=1S/C16H33N3O/c1-5-13(2)15(17)16(20)19-11-8-14(9-12-19)7-6-10-18(3)4/h13-15H,5-12,17H2,1-4H3. The number of carbonyl (C=O) groups is 1. The van der Waals surface area contributed by atoms with Crippen molar-refractivity contribution in [3.63, 3.8) is 0 Å². The van der Waals surface area contributed by atoms with Gasteiger partial charge in [0.05, 0.1) is 6.04 Å². The van der Waals surface area contributed by atoms with E-state index in [1.54, 1.807) is 0 Å². The van der Waals surface area contributed by atoms with Gasteiger partial charge in [0.25, 0.3) is 0 Å². The van der Waals surface area contributed by atoms with Gasteiger partial charge in [-0.05, 0) is 58.2 Å². The van der Waals surface area contributed by atoms with Crippen LogP contribution in [-0.2, 0) is 4.79 Å². The number of rotatable bonds is 7. The lowest BCUT2D eigenvalue weighted by molar-refractivity contribution is -0.135. The number of nitrogens with two attached hydrogens (primary N) is 1. The molecule has 0 spiro atoms. The molecule has 4 nitrogen and oxygen atoms in total. The van der Waals surface area contributed by atoms with Gasteiger partial charge in [-0.15, -0.1) is 0 Å². The molecule has 2 N–H and O–H groups in total. The third-order valence-electron chi connectivity index (χ3n) is 4.69. The molecule has 1 aliphatic rings. The topological polar surface area (TPSA) is 49.6 Å². The largest absolute Gasteiger partial charge is 0.341 e. The van der Waals surface area contributed by atoms with E-state index < -0.39 is 0 Å². The van der Waals surface area contributed by atoms with Crippen molar-refractivity contribution in [3.05, 3.63) is 0 Å². The number of hydrogen-bond acceptors (Lipinski definition) is 3. The number of amides is 1. The van der Waals surface area contributed by atoms with Crippen molar-refractivity contribution >= 4 is 5.91 Å². The van der Waals surface area contributed by atoms with E-state index in [1.807, 2.05) is 4.90 Å². The van der Waals surface area contributed by atoms with Gasteiger partial charge in [0.2, 0.25) is 5.91 Å². The Kier molecular flexibility index (Phi) is 7.52. The quantitative estimate of drug-likeness (QED) is 0.777. The molecule has 0 aromatic heterocycles. The van der Waals surface area contributed by atoms with E-state index in [9.17, 15) is 4.79 Å². The number of carbonyl (C=O) groups excluding carboxylic acids is 1. The van der Waals surface area contributed by atoms with Crippen molar-refractivity contribution in [3.8, 4) is 0 Å². The maximum Gasteiger partial charge on any atom is 0.239 e. The number of piperidine rings is 1. The minimum absolute atomic E-state index is 0.158. The summed E-state index contributed by atoms with van der Waals surface area (Å²) in [6, 6.07) is -0.315. The Bertz CT molecular complexity index is 285. The highest BCUT2D eigenvalue weighted by atomic mass is 16.2. The van der Waals surface area contributed by atoms with Crippen LogP contribution >= 0.6 is 0 Å². The first-order valence-electron chi connectivity index (χ1n) is 8.14. The molecule has 0 aliphatic carbocycles. The van der Waals surface area contributed by atoms with Crippen LogP contribution in [0.2, 0.25) is 0 Å². The Balaban J connectivity index is 2.29. The molecule has 1 heterocycles. The van der Waals surface area contributed by atoms with Gasteiger partial charge in [0.1, 0.15) is 0 Å². The molecule has 2 atom stereocenters. The molecule has 0 aromatic carbocycles. The van der Waals surface area contributed by atoms with E-state index in [0.717, 1.165) is 44.8 Å². The molecule has 0 aromatic rings. The second-order valence-corrected chi connectivity index (χ2v) is 6.63. The van der Waals surface area contributed by atoms with E-state index in [4.69, 9.17) is 5.73 Å². The van der Waals surface area contributed by atoms with Gasteiger partial charge in [0, 0.05) is 13.1 Å². The van der Waals surface area contributed by atoms with Gasteiger partial charge in [-0.1, -0.05) is 20.3 Å². The Hall–Kier alpha value is -0.610. The molecule has 1 amide bonds. The van der Waals surface area contributed by atoms with Gasteiger partial charge in [0.15, 0.2) is 0 Å². The molecule has 0 saturated carbocycles. The van der Waals surface area contributed by atoms with Gasteiger partial charge in [-0.25, -0.2) is 0 Å². The molecule has 1 rings (SSSR count). The average Bonchev–Trinajstić information content (AvgIpc) is 2.45. The molecule has 0 radical (unpaired) electrons. The van der Waals surface area contributed by atoms with Crippen LogP contribution in [0.1, 0.15) is 46.0 Å². The number of nitrogens with zero attached hydrogens (tertiary/aromatic N) is 2. The molecular formula is C16H33N3O. The number of hydrogen-bond donors (Lipinski definition) is 1.